The Labute approximate surface area is 141 Å². The number of nitrogens with two attached hydrogens (primary N) is 1. The number of rotatable bonds is 5. The Hall–Kier alpha value is -1.93. The lowest BCUT2D eigenvalue weighted by Crippen LogP contribution is -2.69. The van der Waals surface area contributed by atoms with Gasteiger partial charge in [-0.3, -0.25) is 4.79 Å². The Morgan fingerprint density at radius 1 is 1.33 bits per heavy atom. The fourth-order valence-corrected chi connectivity index (χ4v) is 2.53. The van der Waals surface area contributed by atoms with Crippen molar-refractivity contribution in [3.05, 3.63) is 43.1 Å². The Kier molecular flexibility index (Phi) is 6.33. The number of nitrogens with one attached hydrogen (secondary N) is 1. The van der Waals surface area contributed by atoms with Crippen molar-refractivity contribution < 1.29 is 29.8 Å². The summed E-state index contributed by atoms with van der Waals surface area (Å²) < 4.78 is 11.2. The van der Waals surface area contributed by atoms with Gasteiger partial charge >= 0.3 is 0 Å². The molecule has 1 saturated heterocycles. The van der Waals surface area contributed by atoms with Gasteiger partial charge in [0.05, 0.1) is 18.3 Å². The van der Waals surface area contributed by atoms with E-state index in [1.54, 1.807) is 24.4 Å². The summed E-state index contributed by atoms with van der Waals surface area (Å²) in [6.45, 7) is 3.05. The van der Waals surface area contributed by atoms with Crippen LogP contribution in [0.1, 0.15) is 19.4 Å². The largest absolute Gasteiger partial charge is 0.462 e. The molecule has 1 aromatic carbocycles. The number of quaternary nitrogens is 1. The smallest absolute Gasteiger partial charge is 0.229 e. The van der Waals surface area contributed by atoms with E-state index in [4.69, 9.17) is 9.47 Å². The van der Waals surface area contributed by atoms with Crippen LogP contribution in [0.25, 0.3) is 6.08 Å². The summed E-state index contributed by atoms with van der Waals surface area (Å²) in [6.07, 6.45) is -0.270. The van der Waals surface area contributed by atoms with Crippen LogP contribution in [0.5, 0.6) is 5.75 Å². The summed E-state index contributed by atoms with van der Waals surface area (Å²) in [5.41, 5.74) is 0.978. The molecule has 0 aromatic heterocycles. The number of hydrogen-bond acceptors (Lipinski definition) is 5. The summed E-state index contributed by atoms with van der Waals surface area (Å²) in [6, 6.07) is 6.50. The lowest BCUT2D eigenvalue weighted by Gasteiger charge is -2.41. The van der Waals surface area contributed by atoms with Crippen LogP contribution >= 0.6 is 0 Å². The van der Waals surface area contributed by atoms with Gasteiger partial charge in [-0.2, -0.15) is 0 Å². The quantitative estimate of drug-likeness (QED) is 0.536. The number of carbonyl (C=O) groups is 1. The third-order valence-corrected chi connectivity index (χ3v) is 3.78. The second-order valence-corrected chi connectivity index (χ2v) is 5.70. The van der Waals surface area contributed by atoms with Gasteiger partial charge in [-0.15, -0.1) is 7.05 Å². The van der Waals surface area contributed by atoms with Gasteiger partial charge in [0.15, 0.2) is 0 Å². The molecule has 0 unspecified atom stereocenters. The molecule has 0 spiro atoms. The fourth-order valence-electron chi connectivity index (χ4n) is 2.53. The molecule has 1 aromatic rings. The van der Waals surface area contributed by atoms with E-state index >= 15 is 0 Å². The van der Waals surface area contributed by atoms with Crippen LogP contribution < -0.4 is 15.4 Å². The predicted molar refractivity (Wildman–Crippen MR) is 87.3 cm³/mol. The highest BCUT2D eigenvalue weighted by atomic mass is 16.7. The van der Waals surface area contributed by atoms with Gasteiger partial charge in [0.25, 0.3) is 0 Å². The molecule has 1 amide bonds. The molecule has 1 fully saturated rings. The maximum atomic E-state index is 11.2. The molecule has 7 heteroatoms. The van der Waals surface area contributed by atoms with E-state index in [1.807, 2.05) is 24.4 Å². The zero-order valence-electron chi connectivity index (χ0n) is 13.8. The molecule has 7 nitrogen and oxygen atoms in total. The van der Waals surface area contributed by atoms with E-state index in [1.165, 1.54) is 6.92 Å². The summed E-state index contributed by atoms with van der Waals surface area (Å²) >= 11 is 0. The molecule has 0 radical (unpaired) electrons. The van der Waals surface area contributed by atoms with E-state index in [0.717, 1.165) is 5.56 Å². The van der Waals surface area contributed by atoms with Crippen molar-refractivity contribution in [3.8, 4) is 5.75 Å². The van der Waals surface area contributed by atoms with E-state index < -0.39 is 30.6 Å². The number of ether oxygens (including phenoxy) is 2. The second-order valence-electron chi connectivity index (χ2n) is 5.70. The first kappa shape index (κ1) is 18.4. The lowest BCUT2D eigenvalue weighted by atomic mass is 9.97. The monoisotopic (exact) mass is 336 g/mol. The summed E-state index contributed by atoms with van der Waals surface area (Å²) in [7, 11) is 3.61. The van der Waals surface area contributed by atoms with Gasteiger partial charge in [0, 0.05) is 6.92 Å². The fraction of sp³-hybridized carbons (Fsp3) is 0.412. The molecule has 1 aliphatic rings. The van der Waals surface area contributed by atoms with Gasteiger partial charge < -0.3 is 30.3 Å². The maximum absolute atomic E-state index is 11.2. The molecule has 0 aliphatic carbocycles. The first-order chi connectivity index (χ1) is 11.4. The van der Waals surface area contributed by atoms with Gasteiger partial charge in [0.1, 0.15) is 18.0 Å². The topological polar surface area (TPSA) is 105 Å². The zero-order valence-corrected chi connectivity index (χ0v) is 13.8. The van der Waals surface area contributed by atoms with Crippen molar-refractivity contribution in [1.29, 1.82) is 0 Å². The van der Waals surface area contributed by atoms with Gasteiger partial charge in [-0.05, 0) is 30.7 Å². The van der Waals surface area contributed by atoms with Crippen molar-refractivity contribution in [2.75, 3.05) is 0 Å². The van der Waals surface area contributed by atoms with E-state index in [2.05, 4.69) is 12.4 Å². The molecule has 1 heterocycles. The van der Waals surface area contributed by atoms with Crippen LogP contribution in [0.2, 0.25) is 0 Å². The van der Waals surface area contributed by atoms with Crippen molar-refractivity contribution in [3.63, 3.8) is 0 Å². The minimum absolute atomic E-state index is 0.302. The third-order valence-electron chi connectivity index (χ3n) is 3.78. The summed E-state index contributed by atoms with van der Waals surface area (Å²) in [5, 5.41) is 24.7. The highest BCUT2D eigenvalue weighted by Gasteiger charge is 2.44. The molecule has 5 N–H and O–H groups in total. The molecule has 1 aliphatic heterocycles. The standard InChI is InChI=1S/C17H24N2O5/c1-10-14(19-11(2)20)15(21)16(22)17(23-10)24-13-6-4-12(5-7-13)8-9-18-3/h4-10,14-17,21-22H,3,18H2,1-2H3,(H,19,20)/b9-8+/t10-,14+,15+,16-,17+/m1/s1. The molecule has 0 bridgehead atoms. The van der Waals surface area contributed by atoms with E-state index in [9.17, 15) is 15.0 Å². The SMILES string of the molecule is [CH2-][NH2+]/C=C/c1ccc(O[C@@H]2O[C@H](C)[C@H](NC(C)=O)[C@H](O)[C@H]2O)cc1. The Morgan fingerprint density at radius 3 is 2.58 bits per heavy atom. The van der Waals surface area contributed by atoms with Crippen LogP contribution in [0, 0.1) is 7.05 Å². The van der Waals surface area contributed by atoms with E-state index in [0.29, 0.717) is 5.75 Å². The minimum Gasteiger partial charge on any atom is -0.462 e. The first-order valence-corrected chi connectivity index (χ1v) is 7.77. The van der Waals surface area contributed by atoms with E-state index in [-0.39, 0.29) is 5.91 Å². The number of benzene rings is 1. The van der Waals surface area contributed by atoms with Gasteiger partial charge in [0.2, 0.25) is 12.2 Å². The number of aliphatic hydroxyl groups is 2. The van der Waals surface area contributed by atoms with Gasteiger partial charge in [-0.1, -0.05) is 12.1 Å². The minimum atomic E-state index is -1.28. The molecular formula is C17H24N2O5. The van der Waals surface area contributed by atoms with Crippen molar-refractivity contribution in [2.45, 2.75) is 44.5 Å². The van der Waals surface area contributed by atoms with Crippen LogP contribution in [0.15, 0.2) is 30.5 Å². The molecule has 0 saturated carbocycles. The predicted octanol–water partition coefficient (Wildman–Crippen LogP) is -0.638. The van der Waals surface area contributed by atoms with Crippen molar-refractivity contribution in [2.24, 2.45) is 0 Å². The first-order valence-electron chi connectivity index (χ1n) is 7.77. The lowest BCUT2D eigenvalue weighted by molar-refractivity contribution is -0.520. The Balaban J connectivity index is 2.02. The van der Waals surface area contributed by atoms with Crippen LogP contribution in [-0.4, -0.2) is 46.8 Å². The Morgan fingerprint density at radius 2 is 2.00 bits per heavy atom. The maximum Gasteiger partial charge on any atom is 0.229 e. The molecular weight excluding hydrogens is 312 g/mol. The van der Waals surface area contributed by atoms with Crippen LogP contribution in [-0.2, 0) is 9.53 Å². The van der Waals surface area contributed by atoms with Gasteiger partial charge in [-0.25, -0.2) is 0 Å². The van der Waals surface area contributed by atoms with Crippen molar-refractivity contribution in [1.82, 2.24) is 5.32 Å². The third kappa shape index (κ3) is 4.55. The second kappa shape index (κ2) is 8.25. The van der Waals surface area contributed by atoms with Crippen molar-refractivity contribution >= 4 is 12.0 Å². The van der Waals surface area contributed by atoms with Crippen LogP contribution in [0.3, 0.4) is 0 Å². The highest BCUT2D eigenvalue weighted by molar-refractivity contribution is 5.73. The molecule has 24 heavy (non-hydrogen) atoms. The average molecular weight is 336 g/mol. The highest BCUT2D eigenvalue weighted by Crippen LogP contribution is 2.24. The Bertz CT molecular complexity index is 575. The number of hydrogen-bond donors (Lipinski definition) is 4. The normalized spacial score (nSPS) is 30.3. The number of carbonyl (C=O) groups excluding carboxylic acids is 1. The average Bonchev–Trinajstić information content (AvgIpc) is 2.55. The van der Waals surface area contributed by atoms with Crippen LogP contribution in [0.4, 0.5) is 0 Å². The molecule has 132 valence electrons. The summed E-state index contributed by atoms with van der Waals surface area (Å²) in [4.78, 5) is 11.2. The molecule has 5 atom stereocenters. The summed E-state index contributed by atoms with van der Waals surface area (Å²) in [5.74, 6) is 0.205. The zero-order chi connectivity index (χ0) is 17.7. The number of aliphatic hydroxyl groups excluding tert-OH is 2. The molecule has 2 rings (SSSR count). The number of amides is 1.